The lowest BCUT2D eigenvalue weighted by Gasteiger charge is -2.19. The molecule has 0 spiro atoms. The molecule has 7 nitrogen and oxygen atoms in total. The third kappa shape index (κ3) is 3.96. The van der Waals surface area contributed by atoms with E-state index in [-0.39, 0.29) is 42.5 Å². The topological polar surface area (TPSA) is 84.0 Å². The van der Waals surface area contributed by atoms with E-state index in [1.165, 1.54) is 4.90 Å². The van der Waals surface area contributed by atoms with Crippen LogP contribution in [0.3, 0.4) is 0 Å². The Morgan fingerprint density at radius 3 is 2.24 bits per heavy atom. The van der Waals surface area contributed by atoms with E-state index < -0.39 is 11.9 Å². The van der Waals surface area contributed by atoms with Crippen LogP contribution >= 0.6 is 15.9 Å². The number of anilines is 2. The number of fused-ring (bicyclic) bond motifs is 1. The Morgan fingerprint density at radius 1 is 0.971 bits per heavy atom. The van der Waals surface area contributed by atoms with Gasteiger partial charge in [0.15, 0.2) is 0 Å². The molecule has 2 aromatic carbocycles. The van der Waals surface area contributed by atoms with E-state index in [1.807, 2.05) is 36.4 Å². The van der Waals surface area contributed by atoms with E-state index in [0.29, 0.717) is 29.8 Å². The summed E-state index contributed by atoms with van der Waals surface area (Å²) in [7, 11) is 0. The van der Waals surface area contributed by atoms with Gasteiger partial charge in [-0.15, -0.1) is 0 Å². The molecule has 5 rings (SSSR count). The first-order valence-corrected chi connectivity index (χ1v) is 12.0. The molecule has 3 aliphatic rings. The number of benzene rings is 2. The first kappa shape index (κ1) is 22.5. The third-order valence-electron chi connectivity index (χ3n) is 6.73. The average Bonchev–Trinajstić information content (AvgIpc) is 3.33. The lowest BCUT2D eigenvalue weighted by molar-refractivity contribution is -0.139. The fourth-order valence-electron chi connectivity index (χ4n) is 4.92. The summed E-state index contributed by atoms with van der Waals surface area (Å²) in [6.45, 7) is 2.03. The Kier molecular flexibility index (Phi) is 5.85. The Balaban J connectivity index is 1.28. The maximum Gasteiger partial charge on any atom is 0.316 e. The van der Waals surface area contributed by atoms with Gasteiger partial charge in [0, 0.05) is 23.1 Å². The van der Waals surface area contributed by atoms with Gasteiger partial charge in [0.2, 0.25) is 17.7 Å². The number of imide groups is 1. The number of rotatable bonds is 4. The molecule has 34 heavy (non-hydrogen) atoms. The highest BCUT2D eigenvalue weighted by Gasteiger charge is 2.48. The lowest BCUT2D eigenvalue weighted by atomic mass is 9.85. The number of esters is 1. The van der Waals surface area contributed by atoms with Gasteiger partial charge in [-0.05, 0) is 67.8 Å². The normalized spacial score (nSPS) is 24.1. The van der Waals surface area contributed by atoms with Gasteiger partial charge in [0.05, 0.1) is 23.4 Å². The second kappa shape index (κ2) is 8.83. The molecular weight excluding hydrogens is 500 g/mol. The monoisotopic (exact) mass is 522 g/mol. The van der Waals surface area contributed by atoms with Crippen LogP contribution in [0, 0.1) is 24.7 Å². The molecule has 0 unspecified atom stereocenters. The molecule has 2 fully saturated rings. The summed E-state index contributed by atoms with van der Waals surface area (Å²) in [4.78, 5) is 53.9. The molecular formula is C26H23BrN2O5. The van der Waals surface area contributed by atoms with Crippen molar-refractivity contribution in [3.8, 4) is 5.75 Å². The van der Waals surface area contributed by atoms with Crippen LogP contribution in [0.5, 0.6) is 5.75 Å². The van der Waals surface area contributed by atoms with Crippen LogP contribution in [0.1, 0.15) is 24.8 Å². The predicted octanol–water partition coefficient (Wildman–Crippen LogP) is 4.17. The van der Waals surface area contributed by atoms with Crippen LogP contribution in [0.25, 0.3) is 0 Å². The molecule has 174 valence electrons. The zero-order valence-corrected chi connectivity index (χ0v) is 20.2. The van der Waals surface area contributed by atoms with Crippen molar-refractivity contribution in [2.45, 2.75) is 26.2 Å². The minimum atomic E-state index is -0.575. The van der Waals surface area contributed by atoms with Gasteiger partial charge in [-0.25, -0.2) is 4.90 Å². The van der Waals surface area contributed by atoms with Crippen molar-refractivity contribution in [3.05, 3.63) is 64.7 Å². The first-order valence-electron chi connectivity index (χ1n) is 11.2. The van der Waals surface area contributed by atoms with Gasteiger partial charge in [-0.1, -0.05) is 28.1 Å². The minimum Gasteiger partial charge on any atom is -0.426 e. The summed E-state index contributed by atoms with van der Waals surface area (Å²) in [5, 5.41) is 0. The maximum atomic E-state index is 12.9. The number of ether oxygens (including phenoxy) is 1. The van der Waals surface area contributed by atoms with Crippen molar-refractivity contribution in [2.24, 2.45) is 17.8 Å². The summed E-state index contributed by atoms with van der Waals surface area (Å²) < 4.78 is 6.48. The number of amides is 3. The van der Waals surface area contributed by atoms with Crippen molar-refractivity contribution >= 4 is 51.0 Å². The van der Waals surface area contributed by atoms with Gasteiger partial charge < -0.3 is 9.64 Å². The molecule has 0 radical (unpaired) electrons. The zero-order valence-electron chi connectivity index (χ0n) is 18.6. The average molecular weight is 523 g/mol. The van der Waals surface area contributed by atoms with E-state index in [9.17, 15) is 19.2 Å². The smallest absolute Gasteiger partial charge is 0.316 e. The second-order valence-electron chi connectivity index (χ2n) is 8.92. The number of halogens is 1. The summed E-state index contributed by atoms with van der Waals surface area (Å²) in [5.41, 5.74) is 1.92. The number of nitrogens with zero attached hydrogens (tertiary/aromatic N) is 2. The number of carbonyl (C=O) groups is 4. The fourth-order valence-corrected chi connectivity index (χ4v) is 5.18. The Labute approximate surface area is 205 Å². The number of allylic oxidation sites excluding steroid dienone is 2. The van der Waals surface area contributed by atoms with Crippen molar-refractivity contribution < 1.29 is 23.9 Å². The number of hydrogen-bond donors (Lipinski definition) is 0. The van der Waals surface area contributed by atoms with E-state index >= 15 is 0 Å². The first-order chi connectivity index (χ1) is 16.3. The molecule has 2 aliphatic heterocycles. The van der Waals surface area contributed by atoms with E-state index in [2.05, 4.69) is 15.9 Å². The zero-order chi connectivity index (χ0) is 24.0. The molecule has 0 bridgehead atoms. The Bertz CT molecular complexity index is 1200. The van der Waals surface area contributed by atoms with Crippen molar-refractivity contribution in [1.82, 2.24) is 0 Å². The van der Waals surface area contributed by atoms with E-state index in [0.717, 1.165) is 10.2 Å². The van der Waals surface area contributed by atoms with Crippen LogP contribution in [-0.2, 0) is 19.2 Å². The molecule has 2 aromatic rings. The van der Waals surface area contributed by atoms with Gasteiger partial charge in [0.1, 0.15) is 5.75 Å². The minimum absolute atomic E-state index is 0.0829. The van der Waals surface area contributed by atoms with Gasteiger partial charge in [0.25, 0.3) is 0 Å². The lowest BCUT2D eigenvalue weighted by Crippen LogP contribution is -2.31. The second-order valence-corrected chi connectivity index (χ2v) is 9.83. The third-order valence-corrected chi connectivity index (χ3v) is 7.26. The summed E-state index contributed by atoms with van der Waals surface area (Å²) in [6.07, 6.45) is 5.16. The van der Waals surface area contributed by atoms with Crippen LogP contribution in [0.4, 0.5) is 11.4 Å². The summed E-state index contributed by atoms with van der Waals surface area (Å²) in [5.74, 6) is -1.82. The quantitative estimate of drug-likeness (QED) is 0.260. The predicted molar refractivity (Wildman–Crippen MR) is 129 cm³/mol. The van der Waals surface area contributed by atoms with Crippen molar-refractivity contribution in [2.75, 3.05) is 16.3 Å². The standard InChI is InChI=1S/C26H23BrN2O5/c1-15-12-19(10-11-22(15)29-24(31)20-4-2-3-5-21(20)25(29)32)34-26(33)16-13-23(30)28(14-16)18-8-6-17(27)7-9-18/h2-3,6-12,16,20-21H,4-5,13-14H2,1H3/t16-,20+,21+/m1/s1. The number of carbonyl (C=O) groups excluding carboxylic acids is 4. The number of hydrogen-bond acceptors (Lipinski definition) is 5. The van der Waals surface area contributed by atoms with Gasteiger partial charge in [-0.2, -0.15) is 0 Å². The largest absolute Gasteiger partial charge is 0.426 e. The molecule has 1 aliphatic carbocycles. The van der Waals surface area contributed by atoms with Crippen LogP contribution in [0.2, 0.25) is 0 Å². The molecule has 0 saturated carbocycles. The maximum absolute atomic E-state index is 12.9. The number of aryl methyl sites for hydroxylation is 1. The highest BCUT2D eigenvalue weighted by molar-refractivity contribution is 9.10. The van der Waals surface area contributed by atoms with Crippen molar-refractivity contribution in [1.29, 1.82) is 0 Å². The molecule has 3 amide bonds. The molecule has 2 saturated heterocycles. The van der Waals surface area contributed by atoms with Crippen LogP contribution in [0.15, 0.2) is 59.1 Å². The highest BCUT2D eigenvalue weighted by Crippen LogP contribution is 2.39. The highest BCUT2D eigenvalue weighted by atomic mass is 79.9. The Morgan fingerprint density at radius 2 is 1.62 bits per heavy atom. The summed E-state index contributed by atoms with van der Waals surface area (Å²) >= 11 is 3.38. The molecule has 0 N–H and O–H groups in total. The van der Waals surface area contributed by atoms with Gasteiger partial charge in [-0.3, -0.25) is 19.2 Å². The van der Waals surface area contributed by atoms with E-state index in [1.54, 1.807) is 30.0 Å². The molecule has 2 heterocycles. The molecule has 8 heteroatoms. The van der Waals surface area contributed by atoms with Crippen molar-refractivity contribution in [3.63, 3.8) is 0 Å². The molecule has 0 aromatic heterocycles. The molecule has 3 atom stereocenters. The SMILES string of the molecule is Cc1cc(OC(=O)[C@@H]2CC(=O)N(c3ccc(Br)cc3)C2)ccc1N1C(=O)[C@H]2CC=CC[C@@H]2C1=O. The van der Waals surface area contributed by atoms with Crippen LogP contribution in [-0.4, -0.2) is 30.2 Å². The van der Waals surface area contributed by atoms with E-state index in [4.69, 9.17) is 4.74 Å². The van der Waals surface area contributed by atoms with Crippen LogP contribution < -0.4 is 14.5 Å². The van der Waals surface area contributed by atoms with Gasteiger partial charge >= 0.3 is 5.97 Å². The summed E-state index contributed by atoms with van der Waals surface area (Å²) in [6, 6.07) is 12.2. The Hall–Kier alpha value is -3.26. The fraction of sp³-hybridized carbons (Fsp3) is 0.308.